The Morgan fingerprint density at radius 3 is 1.73 bits per heavy atom. The molecule has 0 fully saturated rings. The molecule has 0 saturated heterocycles. The van der Waals surface area contributed by atoms with Gasteiger partial charge in [0.2, 0.25) is 11.6 Å². The van der Waals surface area contributed by atoms with Crippen LogP contribution in [0, 0.1) is 23.3 Å². The Kier molecular flexibility index (Phi) is 3.55. The van der Waals surface area contributed by atoms with Gasteiger partial charge in [-0.15, -0.1) is 0 Å². The van der Waals surface area contributed by atoms with Gasteiger partial charge in [0.25, 0.3) is 0 Å². The molecule has 0 spiro atoms. The smallest absolute Gasteiger partial charge is 0.204 e. The highest BCUT2D eigenvalue weighted by atomic mass is 19.2. The third kappa shape index (κ3) is 1.91. The molecule has 0 aromatic heterocycles. The van der Waals surface area contributed by atoms with Crippen molar-refractivity contribution >= 4 is 0 Å². The van der Waals surface area contributed by atoms with E-state index in [1.54, 1.807) is 6.92 Å². The Labute approximate surface area is 84.7 Å². The molecule has 0 amide bonds. The van der Waals surface area contributed by atoms with Crippen LogP contribution in [0.4, 0.5) is 17.6 Å². The van der Waals surface area contributed by atoms with Gasteiger partial charge in [0.05, 0.1) is 7.11 Å². The first-order valence-electron chi connectivity index (χ1n) is 4.43. The maximum Gasteiger partial charge on any atom is 0.204 e. The van der Waals surface area contributed by atoms with Crippen molar-refractivity contribution < 1.29 is 22.3 Å². The van der Waals surface area contributed by atoms with Crippen LogP contribution in [0.25, 0.3) is 0 Å². The molecule has 0 aliphatic heterocycles. The number of halogens is 4. The van der Waals surface area contributed by atoms with Gasteiger partial charge in [-0.1, -0.05) is 13.3 Å². The third-order valence-electron chi connectivity index (χ3n) is 2.02. The van der Waals surface area contributed by atoms with Gasteiger partial charge in [0, 0.05) is 5.56 Å². The van der Waals surface area contributed by atoms with E-state index in [4.69, 9.17) is 0 Å². The summed E-state index contributed by atoms with van der Waals surface area (Å²) in [6.45, 7) is 1.65. The summed E-state index contributed by atoms with van der Waals surface area (Å²) in [4.78, 5) is 0. The summed E-state index contributed by atoms with van der Waals surface area (Å²) in [5.74, 6) is -6.76. The second kappa shape index (κ2) is 4.51. The van der Waals surface area contributed by atoms with Gasteiger partial charge in [0.15, 0.2) is 17.4 Å². The molecule has 0 unspecified atom stereocenters. The van der Waals surface area contributed by atoms with E-state index in [2.05, 4.69) is 4.74 Å². The van der Waals surface area contributed by atoms with Gasteiger partial charge < -0.3 is 4.74 Å². The summed E-state index contributed by atoms with van der Waals surface area (Å²) in [5.41, 5.74) is -0.576. The molecule has 1 aromatic carbocycles. The monoisotopic (exact) mass is 222 g/mol. The van der Waals surface area contributed by atoms with Crippen LogP contribution < -0.4 is 4.74 Å². The molecular formula is C10H10F4O. The predicted molar refractivity (Wildman–Crippen MR) is 46.8 cm³/mol. The van der Waals surface area contributed by atoms with Crippen LogP contribution in [0.5, 0.6) is 5.75 Å². The highest BCUT2D eigenvalue weighted by Crippen LogP contribution is 2.30. The summed E-state index contributed by atoms with van der Waals surface area (Å²) in [5, 5.41) is 0. The number of ether oxygens (including phenoxy) is 1. The standard InChI is InChI=1S/C10H10F4O/c1-3-4-5-6(11)8(13)10(15-2)9(14)7(5)12/h3-4H2,1-2H3. The van der Waals surface area contributed by atoms with Crippen molar-refractivity contribution in [3.05, 3.63) is 28.8 Å². The third-order valence-corrected chi connectivity index (χ3v) is 2.02. The van der Waals surface area contributed by atoms with Crippen molar-refractivity contribution in [3.63, 3.8) is 0 Å². The van der Waals surface area contributed by atoms with E-state index in [0.29, 0.717) is 6.42 Å². The van der Waals surface area contributed by atoms with Crippen molar-refractivity contribution in [2.75, 3.05) is 7.11 Å². The zero-order valence-corrected chi connectivity index (χ0v) is 8.33. The topological polar surface area (TPSA) is 9.23 Å². The summed E-state index contributed by atoms with van der Waals surface area (Å²) in [7, 11) is 0.944. The largest absolute Gasteiger partial charge is 0.491 e. The van der Waals surface area contributed by atoms with Crippen LogP contribution in [0.3, 0.4) is 0 Å². The SMILES string of the molecule is CCCc1c(F)c(F)c(OC)c(F)c1F. The number of rotatable bonds is 3. The maximum absolute atomic E-state index is 13.2. The van der Waals surface area contributed by atoms with E-state index in [1.807, 2.05) is 0 Å². The Morgan fingerprint density at radius 2 is 1.40 bits per heavy atom. The lowest BCUT2D eigenvalue weighted by molar-refractivity contribution is 0.328. The molecule has 0 radical (unpaired) electrons. The molecule has 84 valence electrons. The van der Waals surface area contributed by atoms with Gasteiger partial charge in [-0.3, -0.25) is 0 Å². The first-order valence-corrected chi connectivity index (χ1v) is 4.43. The van der Waals surface area contributed by atoms with E-state index >= 15 is 0 Å². The van der Waals surface area contributed by atoms with Gasteiger partial charge in [-0.05, 0) is 6.42 Å². The Morgan fingerprint density at radius 1 is 0.933 bits per heavy atom. The van der Waals surface area contributed by atoms with Crippen molar-refractivity contribution in [1.82, 2.24) is 0 Å². The van der Waals surface area contributed by atoms with Crippen LogP contribution in [0.1, 0.15) is 18.9 Å². The zero-order valence-electron chi connectivity index (χ0n) is 8.33. The van der Waals surface area contributed by atoms with Crippen molar-refractivity contribution in [2.24, 2.45) is 0 Å². The number of methoxy groups -OCH3 is 1. The molecule has 15 heavy (non-hydrogen) atoms. The molecule has 0 aliphatic carbocycles. The van der Waals surface area contributed by atoms with E-state index in [-0.39, 0.29) is 6.42 Å². The number of benzene rings is 1. The lowest BCUT2D eigenvalue weighted by Crippen LogP contribution is -2.06. The second-order valence-corrected chi connectivity index (χ2v) is 3.02. The van der Waals surface area contributed by atoms with E-state index < -0.39 is 34.6 Å². The fourth-order valence-electron chi connectivity index (χ4n) is 1.31. The normalized spacial score (nSPS) is 10.5. The number of hydrogen-bond donors (Lipinski definition) is 0. The molecular weight excluding hydrogens is 212 g/mol. The van der Waals surface area contributed by atoms with Crippen LogP contribution in [-0.2, 0) is 6.42 Å². The molecule has 5 heteroatoms. The highest BCUT2D eigenvalue weighted by molar-refractivity contribution is 5.34. The first kappa shape index (κ1) is 11.8. The minimum absolute atomic E-state index is 0.0600. The lowest BCUT2D eigenvalue weighted by atomic mass is 10.1. The molecule has 1 aromatic rings. The van der Waals surface area contributed by atoms with E-state index in [0.717, 1.165) is 7.11 Å². The number of hydrogen-bond acceptors (Lipinski definition) is 1. The molecule has 0 bridgehead atoms. The van der Waals surface area contributed by atoms with Crippen LogP contribution >= 0.6 is 0 Å². The minimum Gasteiger partial charge on any atom is -0.491 e. The Hall–Kier alpha value is -1.26. The van der Waals surface area contributed by atoms with Crippen LogP contribution in [0.2, 0.25) is 0 Å². The highest BCUT2D eigenvalue weighted by Gasteiger charge is 2.25. The van der Waals surface area contributed by atoms with Crippen molar-refractivity contribution in [3.8, 4) is 5.75 Å². The minimum atomic E-state index is -1.49. The van der Waals surface area contributed by atoms with Gasteiger partial charge in [-0.25, -0.2) is 8.78 Å². The zero-order chi connectivity index (χ0) is 11.6. The van der Waals surface area contributed by atoms with Crippen molar-refractivity contribution in [2.45, 2.75) is 19.8 Å². The Balaban J connectivity index is 3.44. The van der Waals surface area contributed by atoms with Crippen LogP contribution in [0.15, 0.2) is 0 Å². The molecule has 0 atom stereocenters. The first-order chi connectivity index (χ1) is 7.04. The quantitative estimate of drug-likeness (QED) is 0.563. The Bertz CT molecular complexity index is 347. The van der Waals surface area contributed by atoms with Crippen molar-refractivity contribution in [1.29, 1.82) is 0 Å². The maximum atomic E-state index is 13.2. The summed E-state index contributed by atoms with van der Waals surface area (Å²) in [6, 6.07) is 0. The molecule has 1 rings (SSSR count). The van der Waals surface area contributed by atoms with Gasteiger partial charge in [-0.2, -0.15) is 8.78 Å². The van der Waals surface area contributed by atoms with Crippen LogP contribution in [-0.4, -0.2) is 7.11 Å². The van der Waals surface area contributed by atoms with Gasteiger partial charge in [0.1, 0.15) is 0 Å². The fourth-order valence-corrected chi connectivity index (χ4v) is 1.31. The molecule has 0 aliphatic rings. The lowest BCUT2D eigenvalue weighted by Gasteiger charge is -2.09. The average Bonchev–Trinajstić information content (AvgIpc) is 2.23. The molecule has 0 saturated carbocycles. The molecule has 0 heterocycles. The summed E-state index contributed by atoms with van der Waals surface area (Å²) in [6.07, 6.45) is 0.328. The summed E-state index contributed by atoms with van der Waals surface area (Å²) >= 11 is 0. The van der Waals surface area contributed by atoms with E-state index in [1.165, 1.54) is 0 Å². The molecule has 0 N–H and O–H groups in total. The predicted octanol–water partition coefficient (Wildman–Crippen LogP) is 3.20. The van der Waals surface area contributed by atoms with Gasteiger partial charge >= 0.3 is 0 Å². The molecule has 1 nitrogen and oxygen atoms in total. The average molecular weight is 222 g/mol. The second-order valence-electron chi connectivity index (χ2n) is 3.02. The fraction of sp³-hybridized carbons (Fsp3) is 0.400. The summed E-state index contributed by atoms with van der Waals surface area (Å²) < 4.78 is 56.9. The van der Waals surface area contributed by atoms with E-state index in [9.17, 15) is 17.6 Å².